The van der Waals surface area contributed by atoms with Crippen molar-refractivity contribution in [1.29, 1.82) is 0 Å². The van der Waals surface area contributed by atoms with Crippen LogP contribution in [-0.2, 0) is 4.79 Å². The molecule has 0 aromatic carbocycles. The average Bonchev–Trinajstić information content (AvgIpc) is 2.31. The molecule has 3 N–H and O–H groups in total. The minimum atomic E-state index is -0.696. The molecule has 4 heteroatoms. The zero-order valence-corrected chi connectivity index (χ0v) is 9.09. The van der Waals surface area contributed by atoms with Crippen LogP contribution in [0.3, 0.4) is 0 Å². The Kier molecular flexibility index (Phi) is 3.26. The fourth-order valence-corrected chi connectivity index (χ4v) is 2.97. The lowest BCUT2D eigenvalue weighted by Crippen LogP contribution is -2.65. The molecule has 1 saturated heterocycles. The number of rotatable bonds is 2. The minimum absolute atomic E-state index is 0.302. The highest BCUT2D eigenvalue weighted by molar-refractivity contribution is 5.79. The van der Waals surface area contributed by atoms with Crippen molar-refractivity contribution in [1.82, 2.24) is 10.9 Å². The zero-order chi connectivity index (χ0) is 10.7. The van der Waals surface area contributed by atoms with Crippen molar-refractivity contribution >= 4 is 5.97 Å². The van der Waals surface area contributed by atoms with Crippen molar-refractivity contribution in [2.75, 3.05) is 6.54 Å². The van der Waals surface area contributed by atoms with Gasteiger partial charge in [-0.15, -0.1) is 0 Å². The van der Waals surface area contributed by atoms with Gasteiger partial charge in [-0.1, -0.05) is 19.3 Å². The van der Waals surface area contributed by atoms with Gasteiger partial charge in [0, 0.05) is 6.54 Å². The summed E-state index contributed by atoms with van der Waals surface area (Å²) in [5.74, 6) is -0.377. The molecule has 0 radical (unpaired) electrons. The Hall–Kier alpha value is -0.610. The molecule has 1 aliphatic heterocycles. The molecule has 0 bridgehead atoms. The Morgan fingerprint density at radius 3 is 2.47 bits per heavy atom. The predicted octanol–water partition coefficient (Wildman–Crippen LogP) is 1.28. The van der Waals surface area contributed by atoms with Crippen LogP contribution in [0.2, 0.25) is 0 Å². The molecule has 4 nitrogen and oxygen atoms in total. The lowest BCUT2D eigenvalue weighted by molar-refractivity contribution is -0.150. The Balaban J connectivity index is 2.12. The number of carboxylic acids is 1. The molecule has 0 aromatic rings. The van der Waals surface area contributed by atoms with E-state index in [9.17, 15) is 9.90 Å². The summed E-state index contributed by atoms with van der Waals surface area (Å²) in [5.41, 5.74) is 5.38. The second kappa shape index (κ2) is 4.49. The van der Waals surface area contributed by atoms with E-state index < -0.39 is 11.5 Å². The normalized spacial score (nSPS) is 33.9. The number of hydrazine groups is 1. The smallest absolute Gasteiger partial charge is 0.325 e. The minimum Gasteiger partial charge on any atom is -0.480 e. The van der Waals surface area contributed by atoms with Crippen molar-refractivity contribution in [3.05, 3.63) is 0 Å². The fraction of sp³-hybridized carbons (Fsp3) is 0.909. The molecule has 1 heterocycles. The maximum absolute atomic E-state index is 11.5. The van der Waals surface area contributed by atoms with E-state index in [1.807, 2.05) is 0 Å². The average molecular weight is 212 g/mol. The summed E-state index contributed by atoms with van der Waals surface area (Å²) in [4.78, 5) is 11.5. The first-order chi connectivity index (χ1) is 7.26. The van der Waals surface area contributed by atoms with Gasteiger partial charge in [0.1, 0.15) is 5.54 Å². The summed E-state index contributed by atoms with van der Waals surface area (Å²) < 4.78 is 0. The number of hydrogen-bond donors (Lipinski definition) is 3. The molecule has 86 valence electrons. The third kappa shape index (κ3) is 2.01. The first-order valence-electron chi connectivity index (χ1n) is 5.99. The van der Waals surface area contributed by atoms with Crippen LogP contribution in [0.5, 0.6) is 0 Å². The molecule has 2 aliphatic rings. The highest BCUT2D eigenvalue weighted by atomic mass is 16.4. The molecule has 15 heavy (non-hydrogen) atoms. The maximum atomic E-state index is 11.5. The summed E-state index contributed by atoms with van der Waals surface area (Å²) in [5, 5.41) is 9.44. The number of hydrogen-bond acceptors (Lipinski definition) is 3. The van der Waals surface area contributed by atoms with Gasteiger partial charge in [0.2, 0.25) is 0 Å². The lowest BCUT2D eigenvalue weighted by atomic mass is 9.72. The summed E-state index contributed by atoms with van der Waals surface area (Å²) in [6, 6.07) is 0. The van der Waals surface area contributed by atoms with Crippen LogP contribution in [-0.4, -0.2) is 23.2 Å². The van der Waals surface area contributed by atoms with Crippen molar-refractivity contribution in [3.63, 3.8) is 0 Å². The largest absolute Gasteiger partial charge is 0.480 e. The quantitative estimate of drug-likeness (QED) is 0.645. The van der Waals surface area contributed by atoms with E-state index in [0.717, 1.165) is 32.2 Å². The van der Waals surface area contributed by atoms with E-state index in [1.54, 1.807) is 0 Å². The molecule has 1 saturated carbocycles. The van der Waals surface area contributed by atoms with Gasteiger partial charge >= 0.3 is 5.97 Å². The van der Waals surface area contributed by atoms with E-state index in [2.05, 4.69) is 10.9 Å². The summed E-state index contributed by atoms with van der Waals surface area (Å²) in [6.45, 7) is 0.877. The van der Waals surface area contributed by atoms with Crippen molar-refractivity contribution in [3.8, 4) is 0 Å². The van der Waals surface area contributed by atoms with Crippen LogP contribution in [0, 0.1) is 5.92 Å². The number of carbonyl (C=O) groups is 1. The monoisotopic (exact) mass is 212 g/mol. The predicted molar refractivity (Wildman–Crippen MR) is 57.3 cm³/mol. The summed E-state index contributed by atoms with van der Waals surface area (Å²) in [7, 11) is 0. The van der Waals surface area contributed by atoms with Gasteiger partial charge in [-0.3, -0.25) is 10.2 Å². The van der Waals surface area contributed by atoms with Crippen LogP contribution >= 0.6 is 0 Å². The van der Waals surface area contributed by atoms with Gasteiger partial charge in [-0.25, -0.2) is 5.43 Å². The Labute approximate surface area is 90.4 Å². The second-order valence-corrected chi connectivity index (χ2v) is 4.77. The molecule has 1 aliphatic carbocycles. The van der Waals surface area contributed by atoms with Crippen molar-refractivity contribution < 1.29 is 9.90 Å². The zero-order valence-electron chi connectivity index (χ0n) is 9.09. The Morgan fingerprint density at radius 1 is 1.20 bits per heavy atom. The second-order valence-electron chi connectivity index (χ2n) is 4.77. The van der Waals surface area contributed by atoms with Crippen molar-refractivity contribution in [2.45, 2.75) is 50.5 Å². The Bertz CT molecular complexity index is 231. The topological polar surface area (TPSA) is 61.4 Å². The van der Waals surface area contributed by atoms with E-state index in [-0.39, 0.29) is 0 Å². The highest BCUT2D eigenvalue weighted by Gasteiger charge is 2.46. The van der Waals surface area contributed by atoms with Crippen molar-refractivity contribution in [2.24, 2.45) is 5.92 Å². The first kappa shape index (κ1) is 10.9. The molecule has 1 unspecified atom stereocenters. The van der Waals surface area contributed by atoms with Crippen LogP contribution < -0.4 is 10.9 Å². The van der Waals surface area contributed by atoms with Gasteiger partial charge < -0.3 is 5.11 Å². The van der Waals surface area contributed by atoms with Crippen LogP contribution in [0.4, 0.5) is 0 Å². The van der Waals surface area contributed by atoms with Crippen LogP contribution in [0.1, 0.15) is 44.9 Å². The summed E-state index contributed by atoms with van der Waals surface area (Å²) >= 11 is 0. The molecule has 2 rings (SSSR count). The number of nitrogens with one attached hydrogen (secondary N) is 2. The SMILES string of the molecule is O=C(O)C1(C2CCCCC2)CCCNN1. The van der Waals surface area contributed by atoms with Gasteiger partial charge in [0.15, 0.2) is 0 Å². The van der Waals surface area contributed by atoms with Gasteiger partial charge in [0.25, 0.3) is 0 Å². The van der Waals surface area contributed by atoms with E-state index in [1.165, 1.54) is 19.3 Å². The number of aliphatic carboxylic acids is 1. The molecular formula is C11H20N2O2. The maximum Gasteiger partial charge on any atom is 0.325 e. The van der Waals surface area contributed by atoms with E-state index >= 15 is 0 Å². The van der Waals surface area contributed by atoms with E-state index in [0.29, 0.717) is 5.92 Å². The number of carboxylic acid groups (broad SMARTS) is 1. The third-order valence-corrected chi connectivity index (χ3v) is 3.87. The highest BCUT2D eigenvalue weighted by Crippen LogP contribution is 2.36. The van der Waals surface area contributed by atoms with Gasteiger partial charge in [-0.05, 0) is 31.6 Å². The molecule has 2 fully saturated rings. The first-order valence-corrected chi connectivity index (χ1v) is 5.99. The van der Waals surface area contributed by atoms with Gasteiger partial charge in [0.05, 0.1) is 0 Å². The molecule has 0 aromatic heterocycles. The molecule has 1 atom stereocenters. The molecular weight excluding hydrogens is 192 g/mol. The molecule has 0 spiro atoms. The Morgan fingerprint density at radius 2 is 1.93 bits per heavy atom. The van der Waals surface area contributed by atoms with Crippen LogP contribution in [0.15, 0.2) is 0 Å². The van der Waals surface area contributed by atoms with Gasteiger partial charge in [-0.2, -0.15) is 0 Å². The summed E-state index contributed by atoms with van der Waals surface area (Å²) in [6.07, 6.45) is 7.46. The fourth-order valence-electron chi connectivity index (χ4n) is 2.97. The van der Waals surface area contributed by atoms with Crippen LogP contribution in [0.25, 0.3) is 0 Å². The lowest BCUT2D eigenvalue weighted by Gasteiger charge is -2.42. The molecule has 0 amide bonds. The van der Waals surface area contributed by atoms with E-state index in [4.69, 9.17) is 0 Å². The third-order valence-electron chi connectivity index (χ3n) is 3.87. The standard InChI is InChI=1S/C11H20N2O2/c14-10(15)11(7-4-8-12-13-11)9-5-2-1-3-6-9/h9,12-13H,1-8H2,(H,14,15).